The van der Waals surface area contributed by atoms with Gasteiger partial charge in [-0.1, -0.05) is 6.92 Å². The Labute approximate surface area is 117 Å². The van der Waals surface area contributed by atoms with E-state index >= 15 is 0 Å². The SMILES string of the molecule is CCC(C)NC(=O)C(C)OC(=O)c1cc(N)ccc1F. The van der Waals surface area contributed by atoms with Crippen LogP contribution in [0.3, 0.4) is 0 Å². The van der Waals surface area contributed by atoms with Gasteiger partial charge in [-0.2, -0.15) is 0 Å². The molecule has 6 heteroatoms. The number of carbonyl (C=O) groups excluding carboxylic acids is 2. The number of carbonyl (C=O) groups is 2. The lowest BCUT2D eigenvalue weighted by atomic mass is 10.2. The summed E-state index contributed by atoms with van der Waals surface area (Å²) in [6.07, 6.45) is -0.242. The number of rotatable bonds is 5. The minimum Gasteiger partial charge on any atom is -0.449 e. The van der Waals surface area contributed by atoms with Gasteiger partial charge in [0.25, 0.3) is 5.91 Å². The monoisotopic (exact) mass is 282 g/mol. The Bertz CT molecular complexity index is 505. The van der Waals surface area contributed by atoms with Crippen LogP contribution >= 0.6 is 0 Å². The van der Waals surface area contributed by atoms with Crippen molar-refractivity contribution >= 4 is 17.6 Å². The van der Waals surface area contributed by atoms with Crippen molar-refractivity contribution in [3.8, 4) is 0 Å². The number of esters is 1. The fourth-order valence-corrected chi connectivity index (χ4v) is 1.44. The molecule has 3 N–H and O–H groups in total. The van der Waals surface area contributed by atoms with Gasteiger partial charge >= 0.3 is 5.97 Å². The molecule has 0 radical (unpaired) electrons. The first kappa shape index (κ1) is 15.9. The Morgan fingerprint density at radius 2 is 2.05 bits per heavy atom. The molecule has 2 atom stereocenters. The summed E-state index contributed by atoms with van der Waals surface area (Å²) in [6, 6.07) is 3.57. The van der Waals surface area contributed by atoms with Crippen LogP contribution in [0.15, 0.2) is 18.2 Å². The predicted molar refractivity (Wildman–Crippen MR) is 73.6 cm³/mol. The molecule has 1 rings (SSSR count). The van der Waals surface area contributed by atoms with Crippen LogP contribution in [0.5, 0.6) is 0 Å². The second-order valence-electron chi connectivity index (χ2n) is 4.60. The zero-order chi connectivity index (χ0) is 15.3. The van der Waals surface area contributed by atoms with E-state index in [9.17, 15) is 14.0 Å². The largest absolute Gasteiger partial charge is 0.449 e. The van der Waals surface area contributed by atoms with Crippen molar-refractivity contribution in [2.75, 3.05) is 5.73 Å². The summed E-state index contributed by atoms with van der Waals surface area (Å²) in [5.41, 5.74) is 5.45. The van der Waals surface area contributed by atoms with E-state index in [1.54, 1.807) is 0 Å². The number of hydrogen-bond donors (Lipinski definition) is 2. The molecule has 0 fully saturated rings. The number of nitrogens with two attached hydrogens (primary N) is 1. The molecule has 110 valence electrons. The zero-order valence-corrected chi connectivity index (χ0v) is 11.8. The van der Waals surface area contributed by atoms with Crippen molar-refractivity contribution in [1.82, 2.24) is 5.32 Å². The van der Waals surface area contributed by atoms with E-state index in [1.807, 2.05) is 13.8 Å². The highest BCUT2D eigenvalue weighted by atomic mass is 19.1. The Kier molecular flexibility index (Phi) is 5.49. The summed E-state index contributed by atoms with van der Waals surface area (Å²) >= 11 is 0. The van der Waals surface area contributed by atoms with E-state index in [2.05, 4.69) is 5.32 Å². The first-order valence-corrected chi connectivity index (χ1v) is 6.41. The Hall–Kier alpha value is -2.11. The third kappa shape index (κ3) is 4.22. The van der Waals surface area contributed by atoms with Crippen molar-refractivity contribution in [2.45, 2.75) is 39.3 Å². The highest BCUT2D eigenvalue weighted by Crippen LogP contribution is 2.14. The summed E-state index contributed by atoms with van der Waals surface area (Å²) < 4.78 is 18.4. The molecular weight excluding hydrogens is 263 g/mol. The molecule has 0 aliphatic rings. The van der Waals surface area contributed by atoms with E-state index in [-0.39, 0.29) is 17.3 Å². The molecule has 0 aliphatic heterocycles. The number of anilines is 1. The number of hydrogen-bond acceptors (Lipinski definition) is 4. The molecule has 2 unspecified atom stereocenters. The van der Waals surface area contributed by atoms with Gasteiger partial charge in [0.05, 0.1) is 5.56 Å². The van der Waals surface area contributed by atoms with E-state index in [0.29, 0.717) is 0 Å². The fraction of sp³-hybridized carbons (Fsp3) is 0.429. The predicted octanol–water partition coefficient (Wildman–Crippen LogP) is 1.87. The van der Waals surface area contributed by atoms with Crippen LogP contribution in [0.2, 0.25) is 0 Å². The maximum atomic E-state index is 13.5. The molecule has 0 saturated heterocycles. The number of nitrogen functional groups attached to an aromatic ring is 1. The van der Waals surface area contributed by atoms with Crippen molar-refractivity contribution in [3.05, 3.63) is 29.6 Å². The van der Waals surface area contributed by atoms with Crippen LogP contribution in [0.4, 0.5) is 10.1 Å². The molecule has 0 saturated carbocycles. The van der Waals surface area contributed by atoms with Crippen LogP contribution in [0.25, 0.3) is 0 Å². The van der Waals surface area contributed by atoms with E-state index in [0.717, 1.165) is 12.5 Å². The fourth-order valence-electron chi connectivity index (χ4n) is 1.44. The van der Waals surface area contributed by atoms with Gasteiger partial charge in [0, 0.05) is 11.7 Å². The summed E-state index contributed by atoms with van der Waals surface area (Å²) in [6.45, 7) is 5.19. The lowest BCUT2D eigenvalue weighted by Gasteiger charge is -2.17. The van der Waals surface area contributed by atoms with Crippen LogP contribution in [0, 0.1) is 5.82 Å². The minimum atomic E-state index is -1.00. The number of halogens is 1. The van der Waals surface area contributed by atoms with Gasteiger partial charge in [-0.3, -0.25) is 4.79 Å². The molecule has 0 spiro atoms. The average Bonchev–Trinajstić information content (AvgIpc) is 2.40. The lowest BCUT2D eigenvalue weighted by Crippen LogP contribution is -2.40. The molecule has 0 heterocycles. The first-order chi connectivity index (χ1) is 9.35. The van der Waals surface area contributed by atoms with Crippen molar-refractivity contribution in [1.29, 1.82) is 0 Å². The van der Waals surface area contributed by atoms with Crippen LogP contribution in [-0.4, -0.2) is 24.0 Å². The van der Waals surface area contributed by atoms with Gasteiger partial charge in [-0.15, -0.1) is 0 Å². The highest BCUT2D eigenvalue weighted by molar-refractivity contribution is 5.93. The molecule has 1 aromatic rings. The van der Waals surface area contributed by atoms with Crippen LogP contribution in [0.1, 0.15) is 37.6 Å². The van der Waals surface area contributed by atoms with Crippen molar-refractivity contribution < 1.29 is 18.7 Å². The Balaban J connectivity index is 2.70. The molecule has 0 bridgehead atoms. The zero-order valence-electron chi connectivity index (χ0n) is 11.8. The smallest absolute Gasteiger partial charge is 0.341 e. The number of nitrogens with one attached hydrogen (secondary N) is 1. The third-order valence-corrected chi connectivity index (χ3v) is 2.86. The summed E-state index contributed by atoms with van der Waals surface area (Å²) in [7, 11) is 0. The summed E-state index contributed by atoms with van der Waals surface area (Å²) in [5, 5.41) is 2.68. The van der Waals surface area contributed by atoms with Gasteiger partial charge in [0.1, 0.15) is 5.82 Å². The Morgan fingerprint density at radius 1 is 1.40 bits per heavy atom. The lowest BCUT2D eigenvalue weighted by molar-refractivity contribution is -0.129. The molecule has 5 nitrogen and oxygen atoms in total. The van der Waals surface area contributed by atoms with Gasteiger partial charge in [-0.25, -0.2) is 9.18 Å². The average molecular weight is 282 g/mol. The maximum Gasteiger partial charge on any atom is 0.341 e. The van der Waals surface area contributed by atoms with Crippen molar-refractivity contribution in [3.63, 3.8) is 0 Å². The first-order valence-electron chi connectivity index (χ1n) is 6.41. The second kappa shape index (κ2) is 6.88. The number of amides is 1. The number of benzene rings is 1. The minimum absolute atomic E-state index is 0.0206. The van der Waals surface area contributed by atoms with Gasteiger partial charge in [0.2, 0.25) is 0 Å². The van der Waals surface area contributed by atoms with Gasteiger partial charge in [0.15, 0.2) is 6.10 Å². The van der Waals surface area contributed by atoms with Crippen molar-refractivity contribution in [2.24, 2.45) is 0 Å². The summed E-state index contributed by atoms with van der Waals surface area (Å²) in [4.78, 5) is 23.5. The molecule has 0 aromatic heterocycles. The molecule has 0 aliphatic carbocycles. The standard InChI is InChI=1S/C14H19FN2O3/c1-4-8(2)17-13(18)9(3)20-14(19)11-7-10(16)5-6-12(11)15/h5-9H,4,16H2,1-3H3,(H,17,18). The van der Waals surface area contributed by atoms with E-state index in [1.165, 1.54) is 19.1 Å². The van der Waals surface area contributed by atoms with Gasteiger partial charge in [-0.05, 0) is 38.5 Å². The maximum absolute atomic E-state index is 13.5. The quantitative estimate of drug-likeness (QED) is 0.638. The topological polar surface area (TPSA) is 81.4 Å². The van der Waals surface area contributed by atoms with E-state index in [4.69, 9.17) is 10.5 Å². The van der Waals surface area contributed by atoms with Crippen LogP contribution < -0.4 is 11.1 Å². The number of ether oxygens (including phenoxy) is 1. The Morgan fingerprint density at radius 3 is 2.65 bits per heavy atom. The molecule has 1 aromatic carbocycles. The summed E-state index contributed by atoms with van der Waals surface area (Å²) in [5.74, 6) is -2.07. The van der Waals surface area contributed by atoms with Gasteiger partial charge < -0.3 is 15.8 Å². The highest BCUT2D eigenvalue weighted by Gasteiger charge is 2.21. The normalized spacial score (nSPS) is 13.4. The van der Waals surface area contributed by atoms with E-state index < -0.39 is 23.8 Å². The molecular formula is C14H19FN2O3. The van der Waals surface area contributed by atoms with Crippen LogP contribution in [-0.2, 0) is 9.53 Å². The second-order valence-corrected chi connectivity index (χ2v) is 4.60. The molecule has 1 amide bonds. The molecule has 20 heavy (non-hydrogen) atoms. The third-order valence-electron chi connectivity index (χ3n) is 2.86.